The van der Waals surface area contributed by atoms with Crippen molar-refractivity contribution in [1.29, 1.82) is 0 Å². The summed E-state index contributed by atoms with van der Waals surface area (Å²) in [5, 5.41) is 21.7. The third-order valence-electron chi connectivity index (χ3n) is 4.84. The molecule has 0 unspecified atom stereocenters. The smallest absolute Gasteiger partial charge is 0.275 e. The molecule has 0 aliphatic heterocycles. The topological polar surface area (TPSA) is 99.9 Å². The molecule has 2 N–H and O–H groups in total. The number of H-pyrrole nitrogens is 1. The number of benzene rings is 1. The van der Waals surface area contributed by atoms with Crippen LogP contribution in [0.4, 0.5) is 0 Å². The number of aliphatic hydroxyl groups excluding tert-OH is 1. The Labute approximate surface area is 167 Å². The standard InChI is InChI=1S/C21H22N6O2/c1-2-27-19-10-16(17-12-23-24-13-17)5-6-18(19)20(25-27)21(29)26(8-9-28)14-15-4-3-7-22-11-15/h3-7,10-13,28H,2,8-9,14H2,1H3,(H,23,24). The van der Waals surface area contributed by atoms with Crippen LogP contribution in [0.5, 0.6) is 0 Å². The number of carbonyl (C=O) groups excluding carboxylic acids is 1. The van der Waals surface area contributed by atoms with Gasteiger partial charge in [-0.3, -0.25) is 19.6 Å². The van der Waals surface area contributed by atoms with E-state index in [2.05, 4.69) is 20.3 Å². The Morgan fingerprint density at radius 2 is 2.14 bits per heavy atom. The van der Waals surface area contributed by atoms with Gasteiger partial charge in [-0.15, -0.1) is 0 Å². The molecule has 0 aliphatic rings. The Kier molecular flexibility index (Phi) is 5.35. The van der Waals surface area contributed by atoms with Crippen molar-refractivity contribution in [3.8, 4) is 11.1 Å². The van der Waals surface area contributed by atoms with E-state index in [9.17, 15) is 9.90 Å². The first-order chi connectivity index (χ1) is 14.2. The molecule has 4 rings (SSSR count). The minimum Gasteiger partial charge on any atom is -0.395 e. The zero-order valence-electron chi connectivity index (χ0n) is 16.1. The molecule has 3 heterocycles. The largest absolute Gasteiger partial charge is 0.395 e. The second-order valence-electron chi connectivity index (χ2n) is 6.69. The van der Waals surface area contributed by atoms with E-state index < -0.39 is 0 Å². The van der Waals surface area contributed by atoms with Crippen molar-refractivity contribution in [2.75, 3.05) is 13.2 Å². The first-order valence-corrected chi connectivity index (χ1v) is 9.50. The lowest BCUT2D eigenvalue weighted by atomic mass is 10.1. The molecule has 0 spiro atoms. The Balaban J connectivity index is 1.72. The SMILES string of the molecule is CCn1nc(C(=O)N(CCO)Cc2cccnc2)c2ccc(-c3cn[nH]c3)cc21. The number of aliphatic hydroxyl groups is 1. The Hall–Kier alpha value is -3.52. The number of aromatic amines is 1. The number of carbonyl (C=O) groups is 1. The highest BCUT2D eigenvalue weighted by Crippen LogP contribution is 2.27. The molecule has 0 fully saturated rings. The van der Waals surface area contributed by atoms with Crippen LogP contribution in [0.3, 0.4) is 0 Å². The lowest BCUT2D eigenvalue weighted by Crippen LogP contribution is -2.33. The molecule has 4 aromatic rings. The molecule has 0 bridgehead atoms. The molecule has 0 aliphatic carbocycles. The summed E-state index contributed by atoms with van der Waals surface area (Å²) in [4.78, 5) is 19.0. The van der Waals surface area contributed by atoms with Crippen LogP contribution in [0.2, 0.25) is 0 Å². The maximum atomic E-state index is 13.3. The van der Waals surface area contributed by atoms with Crippen LogP contribution in [-0.2, 0) is 13.1 Å². The summed E-state index contributed by atoms with van der Waals surface area (Å²) in [6.45, 7) is 3.10. The van der Waals surface area contributed by atoms with Gasteiger partial charge in [0.2, 0.25) is 0 Å². The third kappa shape index (κ3) is 3.74. The molecule has 29 heavy (non-hydrogen) atoms. The zero-order chi connectivity index (χ0) is 20.2. The number of nitrogens with one attached hydrogen (secondary N) is 1. The Morgan fingerprint density at radius 1 is 1.24 bits per heavy atom. The van der Waals surface area contributed by atoms with Gasteiger partial charge in [-0.1, -0.05) is 12.1 Å². The van der Waals surface area contributed by atoms with Crippen LogP contribution in [-0.4, -0.2) is 54.0 Å². The normalized spacial score (nSPS) is 11.1. The van der Waals surface area contributed by atoms with Gasteiger partial charge in [0.25, 0.3) is 5.91 Å². The molecule has 3 aromatic heterocycles. The average molecular weight is 390 g/mol. The first-order valence-electron chi connectivity index (χ1n) is 9.50. The fraction of sp³-hybridized carbons (Fsp3) is 0.238. The van der Waals surface area contributed by atoms with Gasteiger partial charge in [-0.2, -0.15) is 10.2 Å². The van der Waals surface area contributed by atoms with E-state index in [0.29, 0.717) is 18.8 Å². The van der Waals surface area contributed by atoms with Crippen LogP contribution < -0.4 is 0 Å². The molecule has 0 radical (unpaired) electrons. The van der Waals surface area contributed by atoms with Crippen LogP contribution in [0.15, 0.2) is 55.1 Å². The van der Waals surface area contributed by atoms with Gasteiger partial charge in [0, 0.05) is 49.2 Å². The van der Waals surface area contributed by atoms with Crippen molar-refractivity contribution in [3.63, 3.8) is 0 Å². The number of rotatable bonds is 7. The third-order valence-corrected chi connectivity index (χ3v) is 4.84. The number of amides is 1. The van der Waals surface area contributed by atoms with Crippen molar-refractivity contribution < 1.29 is 9.90 Å². The second kappa shape index (κ2) is 8.24. The molecule has 0 atom stereocenters. The number of nitrogens with zero attached hydrogens (tertiary/aromatic N) is 5. The van der Waals surface area contributed by atoms with E-state index in [0.717, 1.165) is 27.6 Å². The van der Waals surface area contributed by atoms with Crippen LogP contribution in [0.1, 0.15) is 23.0 Å². The van der Waals surface area contributed by atoms with Crippen molar-refractivity contribution in [1.82, 2.24) is 29.9 Å². The highest BCUT2D eigenvalue weighted by atomic mass is 16.3. The molecule has 1 amide bonds. The molecule has 0 saturated carbocycles. The number of aromatic nitrogens is 5. The molecular weight excluding hydrogens is 368 g/mol. The van der Waals surface area contributed by atoms with Gasteiger partial charge < -0.3 is 10.0 Å². The van der Waals surface area contributed by atoms with Gasteiger partial charge in [-0.05, 0) is 36.2 Å². The number of hydrogen-bond acceptors (Lipinski definition) is 5. The van der Waals surface area contributed by atoms with Crippen LogP contribution in [0.25, 0.3) is 22.0 Å². The summed E-state index contributed by atoms with van der Waals surface area (Å²) in [7, 11) is 0. The summed E-state index contributed by atoms with van der Waals surface area (Å²) < 4.78 is 1.83. The Bertz CT molecular complexity index is 1110. The minimum atomic E-state index is -0.212. The van der Waals surface area contributed by atoms with Gasteiger partial charge in [0.1, 0.15) is 0 Å². The van der Waals surface area contributed by atoms with E-state index in [-0.39, 0.29) is 19.1 Å². The average Bonchev–Trinajstić information content (AvgIpc) is 3.41. The number of hydrogen-bond donors (Lipinski definition) is 2. The molecule has 1 aromatic carbocycles. The maximum Gasteiger partial charge on any atom is 0.275 e. The lowest BCUT2D eigenvalue weighted by Gasteiger charge is -2.21. The van der Waals surface area contributed by atoms with Crippen molar-refractivity contribution in [2.24, 2.45) is 0 Å². The molecule has 148 valence electrons. The van der Waals surface area contributed by atoms with Gasteiger partial charge in [0.15, 0.2) is 5.69 Å². The second-order valence-corrected chi connectivity index (χ2v) is 6.69. The highest BCUT2D eigenvalue weighted by molar-refractivity contribution is 6.05. The lowest BCUT2D eigenvalue weighted by molar-refractivity contribution is 0.0702. The van der Waals surface area contributed by atoms with Crippen LogP contribution >= 0.6 is 0 Å². The summed E-state index contributed by atoms with van der Waals surface area (Å²) >= 11 is 0. The van der Waals surface area contributed by atoms with E-state index in [4.69, 9.17) is 0 Å². The van der Waals surface area contributed by atoms with Crippen molar-refractivity contribution in [3.05, 3.63) is 66.4 Å². The molecule has 8 heteroatoms. The number of aryl methyl sites for hydroxylation is 1. The number of pyridine rings is 1. The van der Waals surface area contributed by atoms with Crippen molar-refractivity contribution >= 4 is 16.8 Å². The maximum absolute atomic E-state index is 13.3. The predicted octanol–water partition coefficient (Wildman–Crippen LogP) is 2.48. The number of fused-ring (bicyclic) bond motifs is 1. The molecule has 0 saturated heterocycles. The molecule has 8 nitrogen and oxygen atoms in total. The Morgan fingerprint density at radius 3 is 2.83 bits per heavy atom. The van der Waals surface area contributed by atoms with E-state index in [1.165, 1.54) is 0 Å². The van der Waals surface area contributed by atoms with E-state index in [1.807, 2.05) is 48.1 Å². The van der Waals surface area contributed by atoms with E-state index >= 15 is 0 Å². The summed E-state index contributed by atoms with van der Waals surface area (Å²) in [6, 6.07) is 9.64. The summed E-state index contributed by atoms with van der Waals surface area (Å²) in [5.74, 6) is -0.212. The minimum absolute atomic E-state index is 0.122. The van der Waals surface area contributed by atoms with Gasteiger partial charge in [0.05, 0.1) is 18.3 Å². The highest BCUT2D eigenvalue weighted by Gasteiger charge is 2.23. The zero-order valence-corrected chi connectivity index (χ0v) is 16.1. The monoisotopic (exact) mass is 390 g/mol. The van der Waals surface area contributed by atoms with Gasteiger partial charge in [-0.25, -0.2) is 0 Å². The fourth-order valence-corrected chi connectivity index (χ4v) is 3.40. The fourth-order valence-electron chi connectivity index (χ4n) is 3.40. The first kappa shape index (κ1) is 18.8. The van der Waals surface area contributed by atoms with Crippen LogP contribution in [0, 0.1) is 0 Å². The van der Waals surface area contributed by atoms with E-state index in [1.54, 1.807) is 23.5 Å². The molecular formula is C21H22N6O2. The summed E-state index contributed by atoms with van der Waals surface area (Å²) in [5.41, 5.74) is 4.15. The van der Waals surface area contributed by atoms with Crippen molar-refractivity contribution in [2.45, 2.75) is 20.0 Å². The quantitative estimate of drug-likeness (QED) is 0.505. The summed E-state index contributed by atoms with van der Waals surface area (Å²) in [6.07, 6.45) is 7.00. The van der Waals surface area contributed by atoms with Gasteiger partial charge >= 0.3 is 0 Å². The predicted molar refractivity (Wildman–Crippen MR) is 109 cm³/mol.